The van der Waals surface area contributed by atoms with Gasteiger partial charge < -0.3 is 19.4 Å². The Morgan fingerprint density at radius 2 is 2.40 bits per heavy atom. The molecule has 0 amide bonds. The van der Waals surface area contributed by atoms with Crippen LogP contribution in [0.3, 0.4) is 0 Å². The minimum atomic E-state index is 0.311. The molecular weight excluding hydrogens is 254 g/mol. The molecule has 1 unspecified atom stereocenters. The molecule has 1 aliphatic rings. The van der Waals surface area contributed by atoms with Crippen molar-refractivity contribution in [3.8, 4) is 0 Å². The molecule has 0 aliphatic carbocycles. The zero-order valence-corrected chi connectivity index (χ0v) is 12.7. The van der Waals surface area contributed by atoms with Gasteiger partial charge in [0.15, 0.2) is 0 Å². The number of morpholine rings is 1. The molecule has 0 spiro atoms. The van der Waals surface area contributed by atoms with E-state index in [1.165, 1.54) is 5.56 Å². The average molecular weight is 281 g/mol. The van der Waals surface area contributed by atoms with Crippen LogP contribution in [0.25, 0.3) is 0 Å². The number of likely N-dealkylation sites (N-methyl/N-ethyl adjacent to an activating group) is 1. The van der Waals surface area contributed by atoms with Crippen LogP contribution in [-0.2, 0) is 22.6 Å². The molecule has 0 saturated carbocycles. The van der Waals surface area contributed by atoms with Gasteiger partial charge in [-0.25, -0.2) is 0 Å². The standard InChI is InChI=1S/C15H27N3O2/c1-3-17-7-9-20-15(12-17)13-18-6-4-14(11-18)10-16-5-8-19-2/h4,6,11,15-16H,3,5,7-10,12-13H2,1-2H3. The Hall–Kier alpha value is -0.880. The van der Waals surface area contributed by atoms with Gasteiger partial charge in [0, 0.05) is 52.2 Å². The first-order valence-corrected chi connectivity index (χ1v) is 7.50. The summed E-state index contributed by atoms with van der Waals surface area (Å²) in [5.74, 6) is 0. The number of rotatable bonds is 8. The van der Waals surface area contributed by atoms with Gasteiger partial charge in [-0.05, 0) is 18.2 Å². The van der Waals surface area contributed by atoms with E-state index in [-0.39, 0.29) is 0 Å². The van der Waals surface area contributed by atoms with Crippen LogP contribution in [0.4, 0.5) is 0 Å². The number of nitrogens with zero attached hydrogens (tertiary/aromatic N) is 2. The topological polar surface area (TPSA) is 38.7 Å². The second-order valence-corrected chi connectivity index (χ2v) is 5.27. The third kappa shape index (κ3) is 4.90. The van der Waals surface area contributed by atoms with Crippen LogP contribution < -0.4 is 5.32 Å². The summed E-state index contributed by atoms with van der Waals surface area (Å²) in [4.78, 5) is 2.45. The first kappa shape index (κ1) is 15.5. The molecular formula is C15H27N3O2. The van der Waals surface area contributed by atoms with E-state index in [0.29, 0.717) is 6.10 Å². The molecule has 1 aromatic heterocycles. The van der Waals surface area contributed by atoms with E-state index >= 15 is 0 Å². The highest BCUT2D eigenvalue weighted by Crippen LogP contribution is 2.09. The Balaban J connectivity index is 1.74. The predicted molar refractivity (Wildman–Crippen MR) is 79.9 cm³/mol. The highest BCUT2D eigenvalue weighted by atomic mass is 16.5. The predicted octanol–water partition coefficient (Wildman–Crippen LogP) is 0.945. The molecule has 1 atom stereocenters. The summed E-state index contributed by atoms with van der Waals surface area (Å²) < 4.78 is 13.1. The third-order valence-electron chi connectivity index (χ3n) is 3.71. The molecule has 5 heteroatoms. The SMILES string of the molecule is CCN1CCOC(Cn2ccc(CNCCOC)c2)C1. The minimum absolute atomic E-state index is 0.311. The van der Waals surface area contributed by atoms with Crippen molar-refractivity contribution in [1.82, 2.24) is 14.8 Å². The summed E-state index contributed by atoms with van der Waals surface area (Å²) >= 11 is 0. The lowest BCUT2D eigenvalue weighted by Crippen LogP contribution is -2.43. The summed E-state index contributed by atoms with van der Waals surface area (Å²) in [5, 5.41) is 3.36. The molecule has 0 bridgehead atoms. The highest BCUT2D eigenvalue weighted by molar-refractivity contribution is 5.10. The number of hydrogen-bond donors (Lipinski definition) is 1. The Morgan fingerprint density at radius 1 is 1.50 bits per heavy atom. The monoisotopic (exact) mass is 281 g/mol. The Morgan fingerprint density at radius 3 is 3.20 bits per heavy atom. The van der Waals surface area contributed by atoms with Gasteiger partial charge >= 0.3 is 0 Å². The highest BCUT2D eigenvalue weighted by Gasteiger charge is 2.19. The van der Waals surface area contributed by atoms with E-state index in [9.17, 15) is 0 Å². The van der Waals surface area contributed by atoms with E-state index in [1.54, 1.807) is 7.11 Å². The molecule has 2 rings (SSSR count). The molecule has 5 nitrogen and oxygen atoms in total. The summed E-state index contributed by atoms with van der Waals surface area (Å²) in [7, 11) is 1.72. The molecule has 0 aromatic carbocycles. The molecule has 114 valence electrons. The zero-order chi connectivity index (χ0) is 14.2. The molecule has 1 aromatic rings. The van der Waals surface area contributed by atoms with E-state index < -0.39 is 0 Å². The molecule has 2 heterocycles. The van der Waals surface area contributed by atoms with Crippen molar-refractivity contribution in [2.24, 2.45) is 0 Å². The molecule has 1 aliphatic heterocycles. The van der Waals surface area contributed by atoms with Crippen molar-refractivity contribution in [2.45, 2.75) is 26.1 Å². The normalized spacial score (nSPS) is 20.4. The minimum Gasteiger partial charge on any atom is -0.383 e. The van der Waals surface area contributed by atoms with Crippen molar-refractivity contribution in [2.75, 3.05) is 46.5 Å². The number of ether oxygens (including phenoxy) is 2. The fourth-order valence-corrected chi connectivity index (χ4v) is 2.53. The van der Waals surface area contributed by atoms with Gasteiger partial charge in [-0.1, -0.05) is 6.92 Å². The van der Waals surface area contributed by atoms with Gasteiger partial charge in [-0.3, -0.25) is 4.90 Å². The van der Waals surface area contributed by atoms with Gasteiger partial charge in [0.05, 0.1) is 19.3 Å². The first-order valence-electron chi connectivity index (χ1n) is 7.50. The fourth-order valence-electron chi connectivity index (χ4n) is 2.53. The van der Waals surface area contributed by atoms with Gasteiger partial charge in [-0.15, -0.1) is 0 Å². The van der Waals surface area contributed by atoms with Crippen molar-refractivity contribution >= 4 is 0 Å². The van der Waals surface area contributed by atoms with E-state index in [2.05, 4.69) is 40.2 Å². The van der Waals surface area contributed by atoms with Crippen molar-refractivity contribution in [3.05, 3.63) is 24.0 Å². The van der Waals surface area contributed by atoms with Crippen LogP contribution in [0.15, 0.2) is 18.5 Å². The van der Waals surface area contributed by atoms with Gasteiger partial charge in [0.1, 0.15) is 0 Å². The van der Waals surface area contributed by atoms with E-state index in [1.807, 2.05) is 0 Å². The van der Waals surface area contributed by atoms with Crippen LogP contribution in [0, 0.1) is 0 Å². The maximum Gasteiger partial charge on any atom is 0.0880 e. The summed E-state index contributed by atoms with van der Waals surface area (Å²) in [6.07, 6.45) is 4.65. The average Bonchev–Trinajstić information content (AvgIpc) is 2.91. The zero-order valence-electron chi connectivity index (χ0n) is 12.7. The molecule has 1 N–H and O–H groups in total. The first-order chi connectivity index (χ1) is 9.81. The lowest BCUT2D eigenvalue weighted by Gasteiger charge is -2.32. The second-order valence-electron chi connectivity index (χ2n) is 5.27. The molecule has 0 radical (unpaired) electrons. The Labute approximate surface area is 121 Å². The number of methoxy groups -OCH3 is 1. The summed E-state index contributed by atoms with van der Waals surface area (Å²) in [6, 6.07) is 2.17. The van der Waals surface area contributed by atoms with Gasteiger partial charge in [-0.2, -0.15) is 0 Å². The van der Waals surface area contributed by atoms with E-state index in [0.717, 1.165) is 52.5 Å². The van der Waals surface area contributed by atoms with Gasteiger partial charge in [0.2, 0.25) is 0 Å². The fraction of sp³-hybridized carbons (Fsp3) is 0.733. The lowest BCUT2D eigenvalue weighted by atomic mass is 10.2. The maximum atomic E-state index is 5.84. The number of aromatic nitrogens is 1. The Kier molecular flexibility index (Phi) is 6.53. The molecule has 20 heavy (non-hydrogen) atoms. The van der Waals surface area contributed by atoms with E-state index in [4.69, 9.17) is 9.47 Å². The van der Waals surface area contributed by atoms with Crippen LogP contribution >= 0.6 is 0 Å². The Bertz CT molecular complexity index is 381. The summed E-state index contributed by atoms with van der Waals surface area (Å²) in [6.45, 7) is 9.75. The molecule has 1 fully saturated rings. The quantitative estimate of drug-likeness (QED) is 0.720. The van der Waals surface area contributed by atoms with Crippen LogP contribution in [0.2, 0.25) is 0 Å². The van der Waals surface area contributed by atoms with Crippen molar-refractivity contribution in [1.29, 1.82) is 0 Å². The third-order valence-corrected chi connectivity index (χ3v) is 3.71. The number of hydrogen-bond acceptors (Lipinski definition) is 4. The van der Waals surface area contributed by atoms with Crippen molar-refractivity contribution < 1.29 is 9.47 Å². The van der Waals surface area contributed by atoms with Gasteiger partial charge in [0.25, 0.3) is 0 Å². The van der Waals surface area contributed by atoms with Crippen LogP contribution in [-0.4, -0.2) is 62.1 Å². The summed E-state index contributed by atoms with van der Waals surface area (Å²) in [5.41, 5.74) is 1.31. The van der Waals surface area contributed by atoms with Crippen LogP contribution in [0.1, 0.15) is 12.5 Å². The smallest absolute Gasteiger partial charge is 0.0880 e. The maximum absolute atomic E-state index is 5.84. The lowest BCUT2D eigenvalue weighted by molar-refractivity contribution is -0.0342. The van der Waals surface area contributed by atoms with Crippen molar-refractivity contribution in [3.63, 3.8) is 0 Å². The molecule has 1 saturated heterocycles. The second kappa shape index (κ2) is 8.42. The largest absolute Gasteiger partial charge is 0.383 e. The number of nitrogens with one attached hydrogen (secondary N) is 1. The van der Waals surface area contributed by atoms with Crippen LogP contribution in [0.5, 0.6) is 0 Å².